The maximum Gasteiger partial charge on any atom is 0.418 e. The van der Waals surface area contributed by atoms with E-state index in [1.165, 1.54) is 30.0 Å². The minimum atomic E-state index is -4.54. The average Bonchev–Trinajstić information content (AvgIpc) is 2.49. The highest BCUT2D eigenvalue weighted by Crippen LogP contribution is 2.34. The van der Waals surface area contributed by atoms with E-state index in [4.69, 9.17) is 0 Å². The molecule has 140 valence electrons. The van der Waals surface area contributed by atoms with E-state index in [1.807, 2.05) is 19.0 Å². The van der Waals surface area contributed by atoms with Gasteiger partial charge in [0.25, 0.3) is 0 Å². The Balaban J connectivity index is 2.60. The van der Waals surface area contributed by atoms with E-state index in [9.17, 15) is 22.8 Å². The number of alkyl halides is 3. The number of carbonyl (C=O) groups excluding carboxylic acids is 2. The quantitative estimate of drug-likeness (QED) is 0.777. The molecule has 8 heteroatoms. The first-order valence-electron chi connectivity index (χ1n) is 7.97. The smallest absolute Gasteiger partial charge is 0.342 e. The van der Waals surface area contributed by atoms with Crippen LogP contribution in [0.4, 0.5) is 18.9 Å². The summed E-state index contributed by atoms with van der Waals surface area (Å²) in [6, 6.07) is 4.81. The largest absolute Gasteiger partial charge is 0.418 e. The number of halogens is 3. The molecule has 0 saturated heterocycles. The summed E-state index contributed by atoms with van der Waals surface area (Å²) < 4.78 is 38.7. The van der Waals surface area contributed by atoms with E-state index in [0.717, 1.165) is 19.0 Å². The first-order valence-corrected chi connectivity index (χ1v) is 7.97. The lowest BCUT2D eigenvalue weighted by molar-refractivity contribution is -0.137. The van der Waals surface area contributed by atoms with Gasteiger partial charge in [0.05, 0.1) is 11.3 Å². The number of anilines is 1. The van der Waals surface area contributed by atoms with Gasteiger partial charge in [-0.1, -0.05) is 12.1 Å². The third-order valence-corrected chi connectivity index (χ3v) is 3.59. The number of carbonyl (C=O) groups is 2. The van der Waals surface area contributed by atoms with Gasteiger partial charge in [-0.15, -0.1) is 0 Å². The highest BCUT2D eigenvalue weighted by Gasteiger charge is 2.33. The van der Waals surface area contributed by atoms with Crippen molar-refractivity contribution in [1.82, 2.24) is 9.80 Å². The molecule has 0 bridgehead atoms. The monoisotopic (exact) mass is 359 g/mol. The van der Waals surface area contributed by atoms with Crippen molar-refractivity contribution >= 4 is 17.5 Å². The molecule has 0 aliphatic rings. The average molecular weight is 359 g/mol. The molecule has 25 heavy (non-hydrogen) atoms. The van der Waals surface area contributed by atoms with Crippen LogP contribution in [0.15, 0.2) is 24.3 Å². The molecule has 0 saturated carbocycles. The predicted octanol–water partition coefficient (Wildman–Crippen LogP) is 2.83. The van der Waals surface area contributed by atoms with Crippen molar-refractivity contribution < 1.29 is 22.8 Å². The normalized spacial score (nSPS) is 11.5. The van der Waals surface area contributed by atoms with Gasteiger partial charge in [-0.25, -0.2) is 0 Å². The molecular formula is C17H24F3N3O2. The summed E-state index contributed by atoms with van der Waals surface area (Å²) in [5.74, 6) is -0.724. The summed E-state index contributed by atoms with van der Waals surface area (Å²) in [7, 11) is 3.84. The number of hydrogen-bond acceptors (Lipinski definition) is 3. The molecule has 0 radical (unpaired) electrons. The Kier molecular flexibility index (Phi) is 7.89. The Morgan fingerprint density at radius 2 is 1.72 bits per heavy atom. The zero-order valence-electron chi connectivity index (χ0n) is 14.7. The first kappa shape index (κ1) is 21.0. The zero-order chi connectivity index (χ0) is 19.0. The maximum absolute atomic E-state index is 12.9. The van der Waals surface area contributed by atoms with Gasteiger partial charge in [-0.2, -0.15) is 13.2 Å². The minimum absolute atomic E-state index is 0.0618. The fourth-order valence-corrected chi connectivity index (χ4v) is 2.29. The van der Waals surface area contributed by atoms with E-state index < -0.39 is 17.6 Å². The van der Waals surface area contributed by atoms with E-state index in [2.05, 4.69) is 5.32 Å². The fraction of sp³-hybridized carbons (Fsp3) is 0.529. The van der Waals surface area contributed by atoms with Crippen LogP contribution in [0.3, 0.4) is 0 Å². The molecule has 0 fully saturated rings. The van der Waals surface area contributed by atoms with Crippen LogP contribution in [0.2, 0.25) is 0 Å². The number of benzene rings is 1. The van der Waals surface area contributed by atoms with Gasteiger partial charge in [0.2, 0.25) is 11.8 Å². The van der Waals surface area contributed by atoms with Crippen molar-refractivity contribution in [3.63, 3.8) is 0 Å². The van der Waals surface area contributed by atoms with Crippen LogP contribution in [-0.2, 0) is 15.8 Å². The molecule has 0 aromatic heterocycles. The minimum Gasteiger partial charge on any atom is -0.342 e. The second kappa shape index (κ2) is 9.41. The third-order valence-electron chi connectivity index (χ3n) is 3.59. The summed E-state index contributed by atoms with van der Waals surface area (Å²) in [6.07, 6.45) is -3.85. The second-order valence-electron chi connectivity index (χ2n) is 6.00. The molecule has 0 unspecified atom stereocenters. The van der Waals surface area contributed by atoms with Crippen LogP contribution < -0.4 is 5.32 Å². The van der Waals surface area contributed by atoms with Gasteiger partial charge in [0.1, 0.15) is 0 Å². The molecule has 0 heterocycles. The van der Waals surface area contributed by atoms with Crippen LogP contribution in [0.1, 0.15) is 25.3 Å². The van der Waals surface area contributed by atoms with Crippen molar-refractivity contribution in [2.24, 2.45) is 0 Å². The van der Waals surface area contributed by atoms with E-state index in [0.29, 0.717) is 6.54 Å². The molecule has 1 aromatic rings. The number of nitrogens with one attached hydrogen (secondary N) is 1. The number of amides is 2. The molecule has 0 spiro atoms. The van der Waals surface area contributed by atoms with Gasteiger partial charge in [-0.05, 0) is 39.2 Å². The molecule has 0 aliphatic carbocycles. The van der Waals surface area contributed by atoms with Gasteiger partial charge < -0.3 is 15.1 Å². The SMILES string of the molecule is CC(=O)N(CCCN(C)C)CCC(=O)Nc1ccccc1C(F)(F)F. The standard InChI is InChI=1S/C17H24F3N3O2/c1-13(24)23(11-6-10-22(2)3)12-9-16(25)21-15-8-5-4-7-14(15)17(18,19)20/h4-5,7-8H,6,9-12H2,1-3H3,(H,21,25). The van der Waals surface area contributed by atoms with Crippen molar-refractivity contribution in [3.05, 3.63) is 29.8 Å². The second-order valence-corrected chi connectivity index (χ2v) is 6.00. The predicted molar refractivity (Wildman–Crippen MR) is 90.1 cm³/mol. The van der Waals surface area contributed by atoms with Gasteiger partial charge in [-0.3, -0.25) is 9.59 Å². The first-order chi connectivity index (χ1) is 11.6. The van der Waals surface area contributed by atoms with Crippen molar-refractivity contribution in [2.75, 3.05) is 39.0 Å². The summed E-state index contributed by atoms with van der Waals surface area (Å²) >= 11 is 0. The van der Waals surface area contributed by atoms with Crippen molar-refractivity contribution in [1.29, 1.82) is 0 Å². The molecule has 1 aromatic carbocycles. The molecule has 1 rings (SSSR count). The maximum atomic E-state index is 12.9. The van der Waals surface area contributed by atoms with Gasteiger partial charge >= 0.3 is 6.18 Å². The third kappa shape index (κ3) is 7.55. The molecule has 2 amide bonds. The fourth-order valence-electron chi connectivity index (χ4n) is 2.29. The lowest BCUT2D eigenvalue weighted by Crippen LogP contribution is -2.34. The highest BCUT2D eigenvalue weighted by molar-refractivity contribution is 5.92. The van der Waals surface area contributed by atoms with Crippen LogP contribution in [-0.4, -0.2) is 55.3 Å². The summed E-state index contributed by atoms with van der Waals surface area (Å²) in [6.45, 7) is 2.88. The summed E-state index contributed by atoms with van der Waals surface area (Å²) in [5, 5.41) is 2.28. The molecular weight excluding hydrogens is 335 g/mol. The lowest BCUT2D eigenvalue weighted by Gasteiger charge is -2.22. The Morgan fingerprint density at radius 1 is 1.08 bits per heavy atom. The molecule has 0 atom stereocenters. The summed E-state index contributed by atoms with van der Waals surface area (Å²) in [5.41, 5.74) is -1.17. The lowest BCUT2D eigenvalue weighted by atomic mass is 10.1. The number of nitrogens with zero attached hydrogens (tertiary/aromatic N) is 2. The molecule has 5 nitrogen and oxygen atoms in total. The van der Waals surface area contributed by atoms with Crippen LogP contribution in [0, 0.1) is 0 Å². The zero-order valence-corrected chi connectivity index (χ0v) is 14.7. The van der Waals surface area contributed by atoms with Crippen LogP contribution >= 0.6 is 0 Å². The Bertz CT molecular complexity index is 589. The number of para-hydroxylation sites is 1. The Hall–Kier alpha value is -2.09. The van der Waals surface area contributed by atoms with E-state index in [-0.39, 0.29) is 24.6 Å². The van der Waals surface area contributed by atoms with Gasteiger partial charge in [0, 0.05) is 26.4 Å². The van der Waals surface area contributed by atoms with Gasteiger partial charge in [0.15, 0.2) is 0 Å². The van der Waals surface area contributed by atoms with Crippen LogP contribution in [0.5, 0.6) is 0 Å². The van der Waals surface area contributed by atoms with Crippen molar-refractivity contribution in [3.8, 4) is 0 Å². The van der Waals surface area contributed by atoms with Crippen LogP contribution in [0.25, 0.3) is 0 Å². The Labute approximate surface area is 145 Å². The number of rotatable bonds is 8. The number of hydrogen-bond donors (Lipinski definition) is 1. The molecule has 0 aliphatic heterocycles. The van der Waals surface area contributed by atoms with E-state index in [1.54, 1.807) is 0 Å². The summed E-state index contributed by atoms with van der Waals surface area (Å²) in [4.78, 5) is 27.1. The Morgan fingerprint density at radius 3 is 2.28 bits per heavy atom. The molecule has 1 N–H and O–H groups in total. The highest BCUT2D eigenvalue weighted by atomic mass is 19.4. The van der Waals surface area contributed by atoms with Crippen molar-refractivity contribution in [2.45, 2.75) is 25.9 Å². The van der Waals surface area contributed by atoms with E-state index >= 15 is 0 Å². The topological polar surface area (TPSA) is 52.7 Å².